The second kappa shape index (κ2) is 15.0. The van der Waals surface area contributed by atoms with Crippen LogP contribution in [-0.2, 0) is 0 Å². The van der Waals surface area contributed by atoms with Gasteiger partial charge in [0.15, 0.2) is 0 Å². The van der Waals surface area contributed by atoms with Crippen molar-refractivity contribution in [3.63, 3.8) is 0 Å². The first-order chi connectivity index (χ1) is 28.3. The molecule has 10 aromatic rings. The Balaban J connectivity index is 0.951. The van der Waals surface area contributed by atoms with Crippen molar-refractivity contribution in [3.8, 4) is 55.6 Å². The summed E-state index contributed by atoms with van der Waals surface area (Å²) in [6.07, 6.45) is 0. The summed E-state index contributed by atoms with van der Waals surface area (Å²) in [5, 5.41) is 5.09. The highest BCUT2D eigenvalue weighted by Crippen LogP contribution is 2.40. The normalized spacial score (nSPS) is 11.2. The van der Waals surface area contributed by atoms with Crippen LogP contribution >= 0.6 is 0 Å². The second-order valence-electron chi connectivity index (χ2n) is 14.5. The fourth-order valence-electron chi connectivity index (χ4n) is 8.22. The molecule has 0 heterocycles. The molecule has 0 aliphatic rings. The quantitative estimate of drug-likeness (QED) is 0.141. The van der Waals surface area contributed by atoms with Crippen molar-refractivity contribution in [2.75, 3.05) is 4.90 Å². The average molecular weight is 726 g/mol. The highest BCUT2D eigenvalue weighted by molar-refractivity contribution is 6.13. The second-order valence-corrected chi connectivity index (χ2v) is 14.5. The van der Waals surface area contributed by atoms with E-state index in [4.69, 9.17) is 0 Å². The Bertz CT molecular complexity index is 2950. The van der Waals surface area contributed by atoms with Crippen LogP contribution in [-0.4, -0.2) is 0 Å². The predicted octanol–water partition coefficient (Wildman–Crippen LogP) is 15.8. The van der Waals surface area contributed by atoms with Crippen LogP contribution in [0.3, 0.4) is 0 Å². The minimum absolute atomic E-state index is 1.11. The highest BCUT2D eigenvalue weighted by atomic mass is 15.1. The fraction of sp³-hybridized carbons (Fsp3) is 0. The van der Waals surface area contributed by atoms with Crippen LogP contribution in [0.2, 0.25) is 0 Å². The molecule has 0 aliphatic carbocycles. The molecule has 0 fully saturated rings. The van der Waals surface area contributed by atoms with Gasteiger partial charge < -0.3 is 4.90 Å². The maximum Gasteiger partial charge on any atom is 0.0462 e. The van der Waals surface area contributed by atoms with E-state index in [2.05, 4.69) is 241 Å². The molecular weight excluding hydrogens is 687 g/mol. The molecule has 0 spiro atoms. The summed E-state index contributed by atoms with van der Waals surface area (Å²) in [6.45, 7) is 0. The third-order valence-corrected chi connectivity index (χ3v) is 11.1. The van der Waals surface area contributed by atoms with Crippen molar-refractivity contribution in [1.29, 1.82) is 0 Å². The first-order valence-electron chi connectivity index (χ1n) is 19.6. The number of rotatable bonds is 8. The van der Waals surface area contributed by atoms with Gasteiger partial charge in [-0.2, -0.15) is 0 Å². The zero-order valence-corrected chi connectivity index (χ0v) is 31.5. The number of hydrogen-bond donors (Lipinski definition) is 0. The molecule has 0 atom stereocenters. The van der Waals surface area contributed by atoms with E-state index in [0.717, 1.165) is 17.1 Å². The molecule has 268 valence electrons. The molecule has 0 unspecified atom stereocenters. The molecule has 0 radical (unpaired) electrons. The molecule has 1 nitrogen and oxygen atoms in total. The lowest BCUT2D eigenvalue weighted by Crippen LogP contribution is -2.09. The number of hydrogen-bond acceptors (Lipinski definition) is 1. The van der Waals surface area contributed by atoms with E-state index in [1.807, 2.05) is 0 Å². The van der Waals surface area contributed by atoms with Crippen LogP contribution in [0.4, 0.5) is 17.1 Å². The van der Waals surface area contributed by atoms with Gasteiger partial charge in [0.2, 0.25) is 0 Å². The SMILES string of the molecule is c1ccc(-c2ccc(-c3ccc(-c4ccc(N(c5ccccc5)c5ccc(-c6cc7ccccc7c7ccccc67)cc5)cc4)cc3)cc2-c2ccccc2)cc1. The van der Waals surface area contributed by atoms with E-state index in [0.29, 0.717) is 0 Å². The summed E-state index contributed by atoms with van der Waals surface area (Å²) in [5.41, 5.74) is 15.5. The van der Waals surface area contributed by atoms with Gasteiger partial charge in [0, 0.05) is 17.1 Å². The van der Waals surface area contributed by atoms with Crippen molar-refractivity contribution in [1.82, 2.24) is 0 Å². The topological polar surface area (TPSA) is 3.24 Å². The molecular formula is C56H39N. The van der Waals surface area contributed by atoms with Crippen LogP contribution in [0.15, 0.2) is 237 Å². The number of nitrogens with zero attached hydrogens (tertiary/aromatic N) is 1. The summed E-state index contributed by atoms with van der Waals surface area (Å²) in [5.74, 6) is 0. The van der Waals surface area contributed by atoms with Crippen molar-refractivity contribution < 1.29 is 0 Å². The van der Waals surface area contributed by atoms with E-state index >= 15 is 0 Å². The number of para-hydroxylation sites is 1. The first kappa shape index (κ1) is 34.0. The van der Waals surface area contributed by atoms with E-state index in [-0.39, 0.29) is 0 Å². The van der Waals surface area contributed by atoms with E-state index < -0.39 is 0 Å². The minimum atomic E-state index is 1.11. The molecule has 0 saturated heterocycles. The first-order valence-corrected chi connectivity index (χ1v) is 19.6. The molecule has 0 amide bonds. The van der Waals surface area contributed by atoms with Crippen LogP contribution < -0.4 is 4.90 Å². The Labute approximate surface area is 334 Å². The zero-order valence-electron chi connectivity index (χ0n) is 31.5. The predicted molar refractivity (Wildman–Crippen MR) is 243 cm³/mol. The van der Waals surface area contributed by atoms with Gasteiger partial charge in [0.05, 0.1) is 0 Å². The Kier molecular flexibility index (Phi) is 8.95. The lowest BCUT2D eigenvalue weighted by atomic mass is 9.91. The standard InChI is InChI=1S/C56H39N/c1-4-14-43(15-5-1)52-37-32-46(38-55(52)44-16-6-2-7-17-44)42-26-24-40(25-27-42)41-28-33-49(34-29-41)57(48-19-8-3-9-20-48)50-35-30-45(31-36-50)56-39-47-18-10-11-21-51(47)53-22-12-13-23-54(53)56/h1-39H. The summed E-state index contributed by atoms with van der Waals surface area (Å²) in [6, 6.07) is 85.4. The van der Waals surface area contributed by atoms with Crippen molar-refractivity contribution >= 4 is 38.6 Å². The van der Waals surface area contributed by atoms with Crippen LogP contribution in [0, 0.1) is 0 Å². The van der Waals surface area contributed by atoms with Gasteiger partial charge in [-0.05, 0) is 126 Å². The molecule has 10 rings (SSSR count). The molecule has 0 bridgehead atoms. The Morgan fingerprint density at radius 1 is 0.211 bits per heavy atom. The van der Waals surface area contributed by atoms with Gasteiger partial charge in [0.25, 0.3) is 0 Å². The fourth-order valence-corrected chi connectivity index (χ4v) is 8.22. The Hall–Kier alpha value is -7.48. The number of fused-ring (bicyclic) bond motifs is 3. The summed E-state index contributed by atoms with van der Waals surface area (Å²) in [4.78, 5) is 2.33. The lowest BCUT2D eigenvalue weighted by Gasteiger charge is -2.26. The molecule has 1 heteroatoms. The smallest absolute Gasteiger partial charge is 0.0462 e. The van der Waals surface area contributed by atoms with Crippen molar-refractivity contribution in [2.45, 2.75) is 0 Å². The molecule has 0 aliphatic heterocycles. The lowest BCUT2D eigenvalue weighted by molar-refractivity contribution is 1.28. The van der Waals surface area contributed by atoms with E-state index in [9.17, 15) is 0 Å². The van der Waals surface area contributed by atoms with Gasteiger partial charge in [-0.3, -0.25) is 0 Å². The van der Waals surface area contributed by atoms with Crippen molar-refractivity contribution in [3.05, 3.63) is 237 Å². The number of anilines is 3. The molecule has 57 heavy (non-hydrogen) atoms. The van der Waals surface area contributed by atoms with Crippen LogP contribution in [0.1, 0.15) is 0 Å². The van der Waals surface area contributed by atoms with Gasteiger partial charge in [-0.15, -0.1) is 0 Å². The molecule has 10 aromatic carbocycles. The van der Waals surface area contributed by atoms with Gasteiger partial charge >= 0.3 is 0 Å². The van der Waals surface area contributed by atoms with Crippen molar-refractivity contribution in [2.24, 2.45) is 0 Å². The molecule has 0 aromatic heterocycles. The van der Waals surface area contributed by atoms with Crippen LogP contribution in [0.25, 0.3) is 77.2 Å². The summed E-state index contributed by atoms with van der Waals surface area (Å²) < 4.78 is 0. The molecule has 0 N–H and O–H groups in total. The van der Waals surface area contributed by atoms with Gasteiger partial charge in [0.1, 0.15) is 0 Å². The third-order valence-electron chi connectivity index (χ3n) is 11.1. The van der Waals surface area contributed by atoms with Crippen LogP contribution in [0.5, 0.6) is 0 Å². The van der Waals surface area contributed by atoms with E-state index in [1.165, 1.54) is 77.2 Å². The monoisotopic (exact) mass is 725 g/mol. The highest BCUT2D eigenvalue weighted by Gasteiger charge is 2.15. The summed E-state index contributed by atoms with van der Waals surface area (Å²) >= 11 is 0. The average Bonchev–Trinajstić information content (AvgIpc) is 3.30. The Morgan fingerprint density at radius 2 is 0.614 bits per heavy atom. The maximum absolute atomic E-state index is 2.33. The van der Waals surface area contributed by atoms with Gasteiger partial charge in [-0.25, -0.2) is 0 Å². The Morgan fingerprint density at radius 3 is 1.23 bits per heavy atom. The van der Waals surface area contributed by atoms with E-state index in [1.54, 1.807) is 0 Å². The van der Waals surface area contributed by atoms with Gasteiger partial charge in [-0.1, -0.05) is 188 Å². The minimum Gasteiger partial charge on any atom is -0.311 e. The number of benzene rings is 10. The third kappa shape index (κ3) is 6.66. The summed E-state index contributed by atoms with van der Waals surface area (Å²) in [7, 11) is 0. The molecule has 0 saturated carbocycles. The maximum atomic E-state index is 2.33. The zero-order chi connectivity index (χ0) is 38.0. The largest absolute Gasteiger partial charge is 0.311 e.